The molecule has 8 heteroatoms. The van der Waals surface area contributed by atoms with E-state index in [0.29, 0.717) is 0 Å². The fourth-order valence-corrected chi connectivity index (χ4v) is 0.777. The third-order valence-corrected chi connectivity index (χ3v) is 1.49. The molecule has 0 aliphatic carbocycles. The van der Waals surface area contributed by atoms with Gasteiger partial charge in [0.15, 0.2) is 0 Å². The van der Waals surface area contributed by atoms with Crippen LogP contribution in [0.4, 0.5) is 26.7 Å². The number of cyclic esters (lactones) is 1. The minimum Gasteiger partial charge on any atom is -0.447 e. The van der Waals surface area contributed by atoms with Crippen LogP contribution in [0.3, 0.4) is 0 Å². The van der Waals surface area contributed by atoms with Crippen molar-refractivity contribution in [3.8, 4) is 0 Å². The minimum absolute atomic E-state index is 0.981. The van der Waals surface area contributed by atoms with Gasteiger partial charge in [-0.3, -0.25) is 0 Å². The Hall–Kier alpha value is -1.08. The smallest absolute Gasteiger partial charge is 0.447 e. The van der Waals surface area contributed by atoms with Gasteiger partial charge in [-0.2, -0.15) is 22.0 Å². The van der Waals surface area contributed by atoms with Crippen LogP contribution in [0.15, 0.2) is 0 Å². The summed E-state index contributed by atoms with van der Waals surface area (Å²) in [5, 5.41) is 1.37. The molecule has 1 unspecified atom stereocenters. The van der Waals surface area contributed by atoms with E-state index in [1.807, 2.05) is 0 Å². The number of carbonyl (C=O) groups is 1. The van der Waals surface area contributed by atoms with Crippen LogP contribution in [0.25, 0.3) is 0 Å². The maximum atomic E-state index is 12.4. The first kappa shape index (κ1) is 10.0. The van der Waals surface area contributed by atoms with Crippen molar-refractivity contribution in [2.45, 2.75) is 18.1 Å². The molecule has 1 N–H and O–H groups in total. The van der Waals surface area contributed by atoms with Gasteiger partial charge in [-0.25, -0.2) is 4.79 Å². The first-order valence-corrected chi connectivity index (χ1v) is 3.13. The Bertz CT molecular complexity index is 225. The molecule has 3 nitrogen and oxygen atoms in total. The van der Waals surface area contributed by atoms with Crippen LogP contribution in [0.2, 0.25) is 0 Å². The Morgan fingerprint density at radius 1 is 1.31 bits per heavy atom. The highest BCUT2D eigenvalue weighted by Crippen LogP contribution is 2.39. The summed E-state index contributed by atoms with van der Waals surface area (Å²) in [6.45, 7) is -0.981. The standard InChI is InChI=1S/C5H4F5NO2/c6-4(7,5(8,9)10)2-1-13-3(12)11-2/h2H,1H2,(H,11,12). The molecular weight excluding hydrogens is 201 g/mol. The summed E-state index contributed by atoms with van der Waals surface area (Å²) in [6, 6.07) is -2.33. The molecular formula is C5H4F5NO2. The molecule has 0 saturated carbocycles. The number of nitrogens with one attached hydrogen (secondary N) is 1. The first-order chi connectivity index (χ1) is 5.75. The number of hydrogen-bond acceptors (Lipinski definition) is 2. The Kier molecular flexibility index (Phi) is 2.08. The van der Waals surface area contributed by atoms with Gasteiger partial charge in [-0.15, -0.1) is 0 Å². The van der Waals surface area contributed by atoms with Crippen molar-refractivity contribution in [2.75, 3.05) is 6.61 Å². The van der Waals surface area contributed by atoms with E-state index in [0.717, 1.165) is 0 Å². The largest absolute Gasteiger partial charge is 0.455 e. The predicted molar refractivity (Wildman–Crippen MR) is 29.3 cm³/mol. The van der Waals surface area contributed by atoms with Crippen molar-refractivity contribution < 1.29 is 31.5 Å². The van der Waals surface area contributed by atoms with Gasteiger partial charge in [-0.05, 0) is 0 Å². The molecule has 1 amide bonds. The minimum atomic E-state index is -5.68. The lowest BCUT2D eigenvalue weighted by Crippen LogP contribution is -2.53. The lowest BCUT2D eigenvalue weighted by Gasteiger charge is -2.23. The summed E-state index contributed by atoms with van der Waals surface area (Å²) >= 11 is 0. The number of ether oxygens (including phenoxy) is 1. The summed E-state index contributed by atoms with van der Waals surface area (Å²) in [5.74, 6) is -4.96. The van der Waals surface area contributed by atoms with Crippen molar-refractivity contribution in [1.29, 1.82) is 0 Å². The molecule has 1 heterocycles. The third kappa shape index (κ3) is 1.65. The maximum absolute atomic E-state index is 12.4. The van der Waals surface area contributed by atoms with E-state index in [2.05, 4.69) is 4.74 Å². The average molecular weight is 205 g/mol. The first-order valence-electron chi connectivity index (χ1n) is 3.13. The Labute approximate surface area is 68.8 Å². The lowest BCUT2D eigenvalue weighted by atomic mass is 10.1. The second-order valence-corrected chi connectivity index (χ2v) is 2.42. The molecule has 76 valence electrons. The van der Waals surface area contributed by atoms with Crippen LogP contribution in [-0.2, 0) is 4.74 Å². The van der Waals surface area contributed by atoms with Crippen molar-refractivity contribution in [3.63, 3.8) is 0 Å². The number of hydrogen-bond donors (Lipinski definition) is 1. The van der Waals surface area contributed by atoms with Crippen LogP contribution in [-0.4, -0.2) is 30.8 Å². The fourth-order valence-electron chi connectivity index (χ4n) is 0.777. The van der Waals surface area contributed by atoms with E-state index < -0.39 is 30.8 Å². The van der Waals surface area contributed by atoms with E-state index in [4.69, 9.17) is 0 Å². The zero-order chi connectivity index (χ0) is 10.3. The highest BCUT2D eigenvalue weighted by molar-refractivity contribution is 5.69. The summed E-state index contributed by atoms with van der Waals surface area (Å²) in [7, 11) is 0. The van der Waals surface area contributed by atoms with Gasteiger partial charge in [0.25, 0.3) is 0 Å². The number of rotatable bonds is 1. The molecule has 1 fully saturated rings. The zero-order valence-electron chi connectivity index (χ0n) is 5.99. The summed E-state index contributed by atoms with van der Waals surface area (Å²) < 4.78 is 63.7. The highest BCUT2D eigenvalue weighted by Gasteiger charge is 2.64. The van der Waals surface area contributed by atoms with Gasteiger partial charge < -0.3 is 10.1 Å². The van der Waals surface area contributed by atoms with Crippen LogP contribution >= 0.6 is 0 Å². The third-order valence-electron chi connectivity index (χ3n) is 1.49. The normalized spacial score (nSPS) is 24.1. The molecule has 0 bridgehead atoms. The molecule has 1 rings (SSSR count). The Morgan fingerprint density at radius 2 is 1.85 bits per heavy atom. The topological polar surface area (TPSA) is 38.3 Å². The quantitative estimate of drug-likeness (QED) is 0.655. The summed E-state index contributed by atoms with van der Waals surface area (Å²) in [5.41, 5.74) is 0. The predicted octanol–water partition coefficient (Wildman–Crippen LogP) is 1.29. The molecule has 1 aliphatic rings. The second-order valence-electron chi connectivity index (χ2n) is 2.42. The molecule has 0 spiro atoms. The van der Waals surface area contributed by atoms with Crippen molar-refractivity contribution in [2.24, 2.45) is 0 Å². The van der Waals surface area contributed by atoms with Crippen molar-refractivity contribution in [3.05, 3.63) is 0 Å². The number of carbonyl (C=O) groups excluding carboxylic acids is 1. The van der Waals surface area contributed by atoms with Crippen LogP contribution in [0.1, 0.15) is 0 Å². The van der Waals surface area contributed by atoms with E-state index in [1.165, 1.54) is 5.32 Å². The SMILES string of the molecule is O=C1NC(C(F)(F)C(F)(F)F)CO1. The van der Waals surface area contributed by atoms with Gasteiger partial charge in [0.2, 0.25) is 0 Å². The molecule has 0 radical (unpaired) electrons. The number of alkyl carbamates (subject to hydrolysis) is 1. The van der Waals surface area contributed by atoms with Crippen LogP contribution in [0.5, 0.6) is 0 Å². The fraction of sp³-hybridized carbons (Fsp3) is 0.800. The summed E-state index contributed by atoms with van der Waals surface area (Å²) in [6.07, 6.45) is -6.95. The molecule has 1 atom stereocenters. The Balaban J connectivity index is 2.76. The van der Waals surface area contributed by atoms with Gasteiger partial charge >= 0.3 is 18.2 Å². The van der Waals surface area contributed by atoms with Gasteiger partial charge in [0.05, 0.1) is 0 Å². The van der Waals surface area contributed by atoms with Crippen molar-refractivity contribution in [1.82, 2.24) is 5.32 Å². The van der Waals surface area contributed by atoms with E-state index in [9.17, 15) is 26.7 Å². The van der Waals surface area contributed by atoms with E-state index in [-0.39, 0.29) is 0 Å². The number of halogens is 5. The van der Waals surface area contributed by atoms with Crippen LogP contribution < -0.4 is 5.32 Å². The molecule has 13 heavy (non-hydrogen) atoms. The molecule has 0 aromatic rings. The van der Waals surface area contributed by atoms with Crippen molar-refractivity contribution >= 4 is 6.09 Å². The zero-order valence-corrected chi connectivity index (χ0v) is 5.99. The molecule has 0 aromatic heterocycles. The maximum Gasteiger partial charge on any atom is 0.455 e. The Morgan fingerprint density at radius 3 is 2.15 bits per heavy atom. The highest BCUT2D eigenvalue weighted by atomic mass is 19.4. The van der Waals surface area contributed by atoms with E-state index in [1.54, 1.807) is 0 Å². The monoisotopic (exact) mass is 205 g/mol. The van der Waals surface area contributed by atoms with Gasteiger partial charge in [0, 0.05) is 0 Å². The summed E-state index contributed by atoms with van der Waals surface area (Å²) in [4.78, 5) is 10.2. The number of alkyl halides is 5. The average Bonchev–Trinajstić information content (AvgIpc) is 2.33. The lowest BCUT2D eigenvalue weighted by molar-refractivity contribution is -0.291. The molecule has 0 aromatic carbocycles. The van der Waals surface area contributed by atoms with Gasteiger partial charge in [0.1, 0.15) is 12.6 Å². The molecule has 1 saturated heterocycles. The second kappa shape index (κ2) is 2.71. The molecule has 1 aliphatic heterocycles. The van der Waals surface area contributed by atoms with Gasteiger partial charge in [-0.1, -0.05) is 0 Å². The van der Waals surface area contributed by atoms with Crippen LogP contribution in [0, 0.1) is 0 Å². The number of amides is 1. The van der Waals surface area contributed by atoms with E-state index >= 15 is 0 Å².